The van der Waals surface area contributed by atoms with Crippen LogP contribution in [0, 0.1) is 0 Å². The maximum Gasteiger partial charge on any atom is 0.312 e. The number of carbonyl (C=O) groups is 1. The van der Waals surface area contributed by atoms with E-state index < -0.39 is 11.9 Å². The number of carboxylic acid groups (broad SMARTS) is 1. The summed E-state index contributed by atoms with van der Waals surface area (Å²) in [5.74, 6) is -1.44. The summed E-state index contributed by atoms with van der Waals surface area (Å²) in [5, 5.41) is 15.4. The normalized spacial score (nSPS) is 16.2. The molecular weight excluding hydrogens is 451 g/mol. The molecule has 1 aromatic heterocycles. The molecule has 1 heterocycles. The maximum atomic E-state index is 11.8. The summed E-state index contributed by atoms with van der Waals surface area (Å²) in [6.45, 7) is 0. The van der Waals surface area contributed by atoms with E-state index >= 15 is 0 Å². The Labute approximate surface area is 174 Å². The number of halogens is 3. The van der Waals surface area contributed by atoms with Crippen molar-refractivity contribution in [1.29, 1.82) is 0 Å². The summed E-state index contributed by atoms with van der Waals surface area (Å²) in [5.41, 5.74) is 4.12. The van der Waals surface area contributed by atoms with Crippen molar-refractivity contribution in [2.75, 3.05) is 0 Å². The fourth-order valence-corrected chi connectivity index (χ4v) is 4.34. The van der Waals surface area contributed by atoms with Gasteiger partial charge < -0.3 is 5.11 Å². The Hall–Kier alpha value is -1.82. The first kappa shape index (κ1) is 18.5. The second-order valence-electron chi connectivity index (χ2n) is 6.51. The zero-order chi connectivity index (χ0) is 19.1. The molecule has 0 bridgehead atoms. The largest absolute Gasteiger partial charge is 0.481 e. The summed E-state index contributed by atoms with van der Waals surface area (Å²) in [6.07, 6.45) is 2.19. The van der Waals surface area contributed by atoms with Crippen LogP contribution in [0.5, 0.6) is 0 Å². The van der Waals surface area contributed by atoms with E-state index in [4.69, 9.17) is 28.3 Å². The predicted molar refractivity (Wildman–Crippen MR) is 110 cm³/mol. The summed E-state index contributed by atoms with van der Waals surface area (Å²) in [7, 11) is 0. The molecule has 0 aliphatic heterocycles. The van der Waals surface area contributed by atoms with Crippen molar-refractivity contribution >= 4 is 45.1 Å². The zero-order valence-electron chi connectivity index (χ0n) is 14.1. The minimum atomic E-state index is -0.842. The van der Waals surface area contributed by atoms with Crippen LogP contribution in [0.25, 0.3) is 16.9 Å². The fourth-order valence-electron chi connectivity index (χ4n) is 3.59. The van der Waals surface area contributed by atoms with Gasteiger partial charge in [-0.1, -0.05) is 51.3 Å². The highest BCUT2D eigenvalue weighted by Gasteiger charge is 2.33. The molecule has 0 fully saturated rings. The highest BCUT2D eigenvalue weighted by molar-refractivity contribution is 9.10. The fraction of sp³-hybridized carbons (Fsp3) is 0.200. The SMILES string of the molecule is O=C(O)C1CCCc2c1nn(-c1ccc(Cl)cc1Cl)c2-c1ccc(Br)cc1. The van der Waals surface area contributed by atoms with Crippen LogP contribution < -0.4 is 0 Å². The summed E-state index contributed by atoms with van der Waals surface area (Å²) in [4.78, 5) is 11.8. The van der Waals surface area contributed by atoms with Gasteiger partial charge in [-0.3, -0.25) is 4.79 Å². The Morgan fingerprint density at radius 1 is 1.19 bits per heavy atom. The van der Waals surface area contributed by atoms with Gasteiger partial charge in [0.1, 0.15) is 5.92 Å². The molecule has 1 atom stereocenters. The van der Waals surface area contributed by atoms with Crippen LogP contribution in [0.15, 0.2) is 46.9 Å². The van der Waals surface area contributed by atoms with Crippen LogP contribution in [0.3, 0.4) is 0 Å². The quantitative estimate of drug-likeness (QED) is 0.507. The van der Waals surface area contributed by atoms with E-state index in [-0.39, 0.29) is 0 Å². The molecule has 1 aliphatic rings. The Morgan fingerprint density at radius 2 is 1.93 bits per heavy atom. The number of aliphatic carboxylic acids is 1. The van der Waals surface area contributed by atoms with Gasteiger partial charge in [0.25, 0.3) is 0 Å². The molecule has 1 N–H and O–H groups in total. The zero-order valence-corrected chi connectivity index (χ0v) is 17.2. The third kappa shape index (κ3) is 3.40. The van der Waals surface area contributed by atoms with E-state index in [1.807, 2.05) is 24.3 Å². The Morgan fingerprint density at radius 3 is 2.59 bits per heavy atom. The number of nitrogens with zero attached hydrogens (tertiary/aromatic N) is 2. The number of fused-ring (bicyclic) bond motifs is 1. The third-order valence-electron chi connectivity index (χ3n) is 4.82. The lowest BCUT2D eigenvalue weighted by atomic mass is 9.86. The van der Waals surface area contributed by atoms with E-state index in [1.165, 1.54) is 0 Å². The van der Waals surface area contributed by atoms with E-state index in [1.54, 1.807) is 22.9 Å². The third-order valence-corrected chi connectivity index (χ3v) is 5.88. The molecule has 4 nitrogen and oxygen atoms in total. The molecule has 4 rings (SSSR count). The number of benzene rings is 2. The molecule has 1 unspecified atom stereocenters. The van der Waals surface area contributed by atoms with Crippen LogP contribution in [0.4, 0.5) is 0 Å². The van der Waals surface area contributed by atoms with Gasteiger partial charge in [0.05, 0.1) is 22.1 Å². The lowest BCUT2D eigenvalue weighted by molar-refractivity contribution is -0.139. The molecule has 3 aromatic rings. The molecule has 0 spiro atoms. The van der Waals surface area contributed by atoms with Crippen LogP contribution in [0.2, 0.25) is 10.0 Å². The van der Waals surface area contributed by atoms with Gasteiger partial charge in [-0.05, 0) is 49.6 Å². The molecule has 1 aliphatic carbocycles. The predicted octanol–water partition coefficient (Wildman–Crippen LogP) is 6.11. The van der Waals surface area contributed by atoms with Crippen molar-refractivity contribution in [2.45, 2.75) is 25.2 Å². The van der Waals surface area contributed by atoms with E-state index in [2.05, 4.69) is 15.9 Å². The van der Waals surface area contributed by atoms with Crippen LogP contribution in [-0.4, -0.2) is 20.9 Å². The summed E-state index contributed by atoms with van der Waals surface area (Å²) >= 11 is 15.9. The van der Waals surface area contributed by atoms with Crippen molar-refractivity contribution < 1.29 is 9.90 Å². The lowest BCUT2D eigenvalue weighted by Gasteiger charge is -2.18. The average Bonchev–Trinajstić information content (AvgIpc) is 3.01. The number of aromatic nitrogens is 2. The topological polar surface area (TPSA) is 55.1 Å². The van der Waals surface area contributed by atoms with Crippen LogP contribution in [0.1, 0.15) is 30.0 Å². The molecule has 0 saturated carbocycles. The molecule has 7 heteroatoms. The first-order chi connectivity index (χ1) is 13.0. The van der Waals surface area contributed by atoms with Crippen molar-refractivity contribution in [2.24, 2.45) is 0 Å². The van der Waals surface area contributed by atoms with Gasteiger partial charge in [-0.15, -0.1) is 0 Å². The minimum Gasteiger partial charge on any atom is -0.481 e. The number of rotatable bonds is 3. The van der Waals surface area contributed by atoms with Gasteiger partial charge in [0.2, 0.25) is 0 Å². The first-order valence-electron chi connectivity index (χ1n) is 8.51. The summed E-state index contributed by atoms with van der Waals surface area (Å²) < 4.78 is 2.73. The Kier molecular flexibility index (Phi) is 5.01. The van der Waals surface area contributed by atoms with Gasteiger partial charge in [0, 0.05) is 20.6 Å². The second-order valence-corrected chi connectivity index (χ2v) is 8.27. The van der Waals surface area contributed by atoms with Crippen LogP contribution >= 0.6 is 39.1 Å². The van der Waals surface area contributed by atoms with Gasteiger partial charge >= 0.3 is 5.97 Å². The van der Waals surface area contributed by atoms with Gasteiger partial charge in [0.15, 0.2) is 0 Å². The Balaban J connectivity index is 1.99. The van der Waals surface area contributed by atoms with E-state index in [0.717, 1.165) is 34.1 Å². The minimum absolute atomic E-state index is 0.465. The van der Waals surface area contributed by atoms with Crippen molar-refractivity contribution in [3.63, 3.8) is 0 Å². The van der Waals surface area contributed by atoms with E-state index in [0.29, 0.717) is 27.8 Å². The van der Waals surface area contributed by atoms with Crippen molar-refractivity contribution in [3.05, 3.63) is 68.2 Å². The molecule has 0 saturated heterocycles. The standard InChI is InChI=1S/C20H15BrCl2N2O2/c21-12-6-4-11(5-7-12)19-14-2-1-3-15(20(26)27)18(14)24-25(19)17-9-8-13(22)10-16(17)23/h4-10,15H,1-3H2,(H,26,27). The van der Waals surface area contributed by atoms with E-state index in [9.17, 15) is 9.90 Å². The number of carboxylic acids is 1. The Bertz CT molecular complexity index is 1030. The molecule has 0 amide bonds. The molecule has 138 valence electrons. The lowest BCUT2D eigenvalue weighted by Crippen LogP contribution is -2.17. The molecule has 0 radical (unpaired) electrons. The van der Waals surface area contributed by atoms with Gasteiger partial charge in [-0.2, -0.15) is 5.10 Å². The van der Waals surface area contributed by atoms with Crippen molar-refractivity contribution in [1.82, 2.24) is 9.78 Å². The molecular formula is C20H15BrCl2N2O2. The molecule has 2 aromatic carbocycles. The smallest absolute Gasteiger partial charge is 0.312 e. The maximum absolute atomic E-state index is 11.8. The monoisotopic (exact) mass is 464 g/mol. The molecule has 27 heavy (non-hydrogen) atoms. The second kappa shape index (κ2) is 7.30. The van der Waals surface area contributed by atoms with Crippen LogP contribution in [-0.2, 0) is 11.2 Å². The highest BCUT2D eigenvalue weighted by atomic mass is 79.9. The van der Waals surface area contributed by atoms with Gasteiger partial charge in [-0.25, -0.2) is 4.68 Å². The summed E-state index contributed by atoms with van der Waals surface area (Å²) in [6, 6.07) is 13.1. The van der Waals surface area contributed by atoms with Crippen molar-refractivity contribution in [3.8, 4) is 16.9 Å². The number of hydrogen-bond acceptors (Lipinski definition) is 2. The average molecular weight is 466 g/mol. The number of hydrogen-bond donors (Lipinski definition) is 1. The highest BCUT2D eigenvalue weighted by Crippen LogP contribution is 2.40. The first-order valence-corrected chi connectivity index (χ1v) is 10.1.